The molecule has 2 aromatic heterocycles. The minimum Gasteiger partial charge on any atom is -0.399 e. The van der Waals surface area contributed by atoms with Crippen LogP contribution in [0.2, 0.25) is 0 Å². The Bertz CT molecular complexity index is 883. The Hall–Kier alpha value is -2.69. The third-order valence-corrected chi connectivity index (χ3v) is 4.33. The molecular formula is C17H17N5. The van der Waals surface area contributed by atoms with Gasteiger partial charge in [-0.05, 0) is 50.1 Å². The fourth-order valence-corrected chi connectivity index (χ4v) is 2.92. The van der Waals surface area contributed by atoms with Crippen molar-refractivity contribution < 1.29 is 0 Å². The van der Waals surface area contributed by atoms with Crippen molar-refractivity contribution in [2.45, 2.75) is 25.2 Å². The van der Waals surface area contributed by atoms with Crippen molar-refractivity contribution in [2.24, 2.45) is 0 Å². The van der Waals surface area contributed by atoms with Gasteiger partial charge in [0.05, 0.1) is 16.6 Å². The summed E-state index contributed by atoms with van der Waals surface area (Å²) in [6, 6.07) is 9.48. The molecule has 0 atom stereocenters. The van der Waals surface area contributed by atoms with E-state index in [0.717, 1.165) is 46.6 Å². The minimum absolute atomic E-state index is 0.196. The lowest BCUT2D eigenvalue weighted by atomic mass is 9.98. The molecule has 1 saturated carbocycles. The first-order valence-electron chi connectivity index (χ1n) is 7.35. The number of benzene rings is 1. The lowest BCUT2D eigenvalue weighted by Gasteiger charge is -2.15. The van der Waals surface area contributed by atoms with Crippen LogP contribution in [0.4, 0.5) is 11.4 Å². The number of nitrogens with zero attached hydrogens (tertiary/aromatic N) is 3. The molecule has 0 spiro atoms. The van der Waals surface area contributed by atoms with Crippen molar-refractivity contribution in [3.05, 3.63) is 53.7 Å². The van der Waals surface area contributed by atoms with Gasteiger partial charge >= 0.3 is 0 Å². The summed E-state index contributed by atoms with van der Waals surface area (Å²) >= 11 is 0. The number of anilines is 2. The molecule has 1 aliphatic rings. The summed E-state index contributed by atoms with van der Waals surface area (Å²) in [5, 5.41) is 0.930. The highest BCUT2D eigenvalue weighted by Crippen LogP contribution is 2.52. The Morgan fingerprint density at radius 2 is 1.86 bits per heavy atom. The van der Waals surface area contributed by atoms with E-state index in [-0.39, 0.29) is 5.41 Å². The molecule has 1 fully saturated rings. The van der Waals surface area contributed by atoms with Crippen LogP contribution >= 0.6 is 0 Å². The van der Waals surface area contributed by atoms with Gasteiger partial charge in [0.1, 0.15) is 5.82 Å². The molecule has 2 heterocycles. The van der Waals surface area contributed by atoms with E-state index in [4.69, 9.17) is 16.5 Å². The first-order chi connectivity index (χ1) is 10.6. The number of rotatable bonds is 2. The third kappa shape index (κ3) is 1.89. The Morgan fingerprint density at radius 3 is 2.59 bits per heavy atom. The fourth-order valence-electron chi connectivity index (χ4n) is 2.92. The average molecular weight is 291 g/mol. The molecule has 4 N–H and O–H groups in total. The Balaban J connectivity index is 1.91. The second kappa shape index (κ2) is 4.40. The first kappa shape index (κ1) is 13.0. The summed E-state index contributed by atoms with van der Waals surface area (Å²) in [7, 11) is 0. The third-order valence-electron chi connectivity index (χ3n) is 4.33. The number of hydrogen-bond donors (Lipinski definition) is 2. The second-order valence-corrected chi connectivity index (χ2v) is 5.98. The van der Waals surface area contributed by atoms with Gasteiger partial charge in [-0.1, -0.05) is 0 Å². The van der Waals surface area contributed by atoms with Crippen molar-refractivity contribution in [3.63, 3.8) is 0 Å². The van der Waals surface area contributed by atoms with E-state index in [1.165, 1.54) is 0 Å². The summed E-state index contributed by atoms with van der Waals surface area (Å²) in [5.41, 5.74) is 16.0. The maximum absolute atomic E-state index is 6.22. The van der Waals surface area contributed by atoms with E-state index in [1.807, 2.05) is 37.3 Å². The predicted octanol–water partition coefficient (Wildman–Crippen LogP) is 2.58. The summed E-state index contributed by atoms with van der Waals surface area (Å²) in [6.45, 7) is 1.98. The fraction of sp³-hybridized carbons (Fsp3) is 0.235. The topological polar surface area (TPSA) is 90.7 Å². The molecule has 22 heavy (non-hydrogen) atoms. The largest absolute Gasteiger partial charge is 0.399 e. The van der Waals surface area contributed by atoms with Gasteiger partial charge in [0.2, 0.25) is 0 Å². The number of aromatic nitrogens is 3. The Morgan fingerprint density at radius 1 is 1.05 bits per heavy atom. The first-order valence-corrected chi connectivity index (χ1v) is 7.35. The molecule has 5 heteroatoms. The van der Waals surface area contributed by atoms with Gasteiger partial charge in [0.25, 0.3) is 0 Å². The van der Waals surface area contributed by atoms with E-state index in [1.54, 1.807) is 6.20 Å². The van der Waals surface area contributed by atoms with Gasteiger partial charge in [-0.2, -0.15) is 0 Å². The van der Waals surface area contributed by atoms with Crippen molar-refractivity contribution >= 4 is 22.3 Å². The van der Waals surface area contributed by atoms with Crippen molar-refractivity contribution in [3.8, 4) is 0 Å². The van der Waals surface area contributed by atoms with E-state index in [2.05, 4.69) is 9.97 Å². The van der Waals surface area contributed by atoms with Crippen LogP contribution in [-0.4, -0.2) is 15.0 Å². The average Bonchev–Trinajstić information content (AvgIpc) is 3.28. The van der Waals surface area contributed by atoms with Crippen LogP contribution in [0.25, 0.3) is 10.9 Å². The van der Waals surface area contributed by atoms with E-state index in [9.17, 15) is 0 Å². The maximum atomic E-state index is 6.22. The molecule has 0 radical (unpaired) electrons. The monoisotopic (exact) mass is 291 g/mol. The van der Waals surface area contributed by atoms with Crippen LogP contribution in [0.1, 0.15) is 30.1 Å². The molecular weight excluding hydrogens is 274 g/mol. The van der Waals surface area contributed by atoms with Gasteiger partial charge in [-0.15, -0.1) is 0 Å². The standard InChI is InChI=1S/C17H17N5/c1-10-4-7-20-16(21-10)17(5-6-17)15-9-13(19)12-3-2-11(18)8-14(12)22-15/h2-4,7-9H,5-6,18H2,1H3,(H2,19,22). The number of aryl methyl sites for hydroxylation is 1. The lowest BCUT2D eigenvalue weighted by molar-refractivity contribution is 0.725. The minimum atomic E-state index is -0.196. The van der Waals surface area contributed by atoms with Gasteiger partial charge in [-0.25, -0.2) is 9.97 Å². The van der Waals surface area contributed by atoms with Crippen LogP contribution in [0, 0.1) is 6.92 Å². The van der Waals surface area contributed by atoms with E-state index >= 15 is 0 Å². The summed E-state index contributed by atoms with van der Waals surface area (Å²) in [5.74, 6) is 0.836. The van der Waals surface area contributed by atoms with E-state index in [0.29, 0.717) is 5.69 Å². The molecule has 1 aliphatic carbocycles. The quantitative estimate of drug-likeness (QED) is 0.708. The predicted molar refractivity (Wildman–Crippen MR) is 87.4 cm³/mol. The SMILES string of the molecule is Cc1ccnc(C2(c3cc(N)c4ccc(N)cc4n3)CC2)n1. The molecule has 4 rings (SSSR count). The van der Waals surface area contributed by atoms with Crippen molar-refractivity contribution in [1.82, 2.24) is 15.0 Å². The zero-order valence-corrected chi connectivity index (χ0v) is 12.4. The van der Waals surface area contributed by atoms with Gasteiger partial charge in [-0.3, -0.25) is 4.98 Å². The van der Waals surface area contributed by atoms with Gasteiger partial charge in [0.15, 0.2) is 0 Å². The number of nitrogen functional groups attached to an aromatic ring is 2. The molecule has 110 valence electrons. The van der Waals surface area contributed by atoms with Crippen LogP contribution in [0.15, 0.2) is 36.5 Å². The summed E-state index contributed by atoms with van der Waals surface area (Å²) < 4.78 is 0. The number of fused-ring (bicyclic) bond motifs is 1. The highest BCUT2D eigenvalue weighted by atomic mass is 14.9. The zero-order chi connectivity index (χ0) is 15.3. The molecule has 1 aromatic carbocycles. The van der Waals surface area contributed by atoms with E-state index < -0.39 is 0 Å². The maximum Gasteiger partial charge on any atom is 0.140 e. The second-order valence-electron chi connectivity index (χ2n) is 5.98. The smallest absolute Gasteiger partial charge is 0.140 e. The molecule has 0 bridgehead atoms. The molecule has 5 nitrogen and oxygen atoms in total. The summed E-state index contributed by atoms with van der Waals surface area (Å²) in [4.78, 5) is 13.9. The lowest BCUT2D eigenvalue weighted by Crippen LogP contribution is -2.16. The van der Waals surface area contributed by atoms with Crippen LogP contribution in [-0.2, 0) is 5.41 Å². The highest BCUT2D eigenvalue weighted by molar-refractivity contribution is 5.92. The molecule has 0 saturated heterocycles. The number of hydrogen-bond acceptors (Lipinski definition) is 5. The van der Waals surface area contributed by atoms with Crippen LogP contribution in [0.5, 0.6) is 0 Å². The summed E-state index contributed by atoms with van der Waals surface area (Å²) in [6.07, 6.45) is 3.80. The normalized spacial score (nSPS) is 15.9. The molecule has 0 unspecified atom stereocenters. The van der Waals surface area contributed by atoms with Gasteiger partial charge < -0.3 is 11.5 Å². The van der Waals surface area contributed by atoms with Crippen molar-refractivity contribution in [1.29, 1.82) is 0 Å². The van der Waals surface area contributed by atoms with Crippen LogP contribution in [0.3, 0.4) is 0 Å². The number of pyridine rings is 1. The van der Waals surface area contributed by atoms with Crippen molar-refractivity contribution in [2.75, 3.05) is 11.5 Å². The van der Waals surface area contributed by atoms with Crippen LogP contribution < -0.4 is 11.5 Å². The zero-order valence-electron chi connectivity index (χ0n) is 12.4. The molecule has 3 aromatic rings. The molecule has 0 amide bonds. The Kier molecular flexibility index (Phi) is 2.60. The Labute approximate surface area is 128 Å². The highest BCUT2D eigenvalue weighted by Gasteiger charge is 2.50. The molecule has 0 aliphatic heterocycles. The number of nitrogens with two attached hydrogens (primary N) is 2. The van der Waals surface area contributed by atoms with Gasteiger partial charge in [0, 0.05) is 28.7 Å².